The quantitative estimate of drug-likeness (QED) is 0.0761. The minimum atomic E-state index is -0.997. The van der Waals surface area contributed by atoms with Gasteiger partial charge in [0.1, 0.15) is 23.7 Å². The summed E-state index contributed by atoms with van der Waals surface area (Å²) in [6.07, 6.45) is 15.9. The van der Waals surface area contributed by atoms with Gasteiger partial charge in [-0.25, -0.2) is 0 Å². The predicted octanol–water partition coefficient (Wildman–Crippen LogP) is 7.04. The van der Waals surface area contributed by atoms with Crippen LogP contribution in [0.5, 0.6) is 0 Å². The number of piperidine rings is 1. The van der Waals surface area contributed by atoms with Gasteiger partial charge in [-0.15, -0.1) is 6.58 Å². The zero-order valence-corrected chi connectivity index (χ0v) is 39.6. The standard InChI is InChI=1S/C48H80N6O5S/c1-11-26-52(10)60-28-18-23-37(55)48(29-34(48)12-2)51-41(57)36-30-47(45(8,9)46(47)24-19-25-46)31-54(36)43(59)39(44(5,6)7)50-42(58)38(33-20-14-13-15-21-33)49-40(56)35-22-16-17-27-53(35)32(3)4/h12,32-36,38-39H,2,11,13-31H2,1,3-10H3,(H,49,56)(H,50,58)(H,51,57). The molecule has 4 amide bonds. The third-order valence-electron chi connectivity index (χ3n) is 16.6. The van der Waals surface area contributed by atoms with Gasteiger partial charge in [0.15, 0.2) is 5.78 Å². The Bertz CT molecular complexity index is 1620. The van der Waals surface area contributed by atoms with E-state index in [9.17, 15) is 19.2 Å². The van der Waals surface area contributed by atoms with E-state index in [-0.39, 0.29) is 69.6 Å². The summed E-state index contributed by atoms with van der Waals surface area (Å²) in [6.45, 7) is 23.2. The van der Waals surface area contributed by atoms with Gasteiger partial charge in [-0.3, -0.25) is 33.2 Å². The molecule has 3 N–H and O–H groups in total. The summed E-state index contributed by atoms with van der Waals surface area (Å²) in [7, 11) is 2.07. The number of carbonyl (C=O) groups is 5. The Hall–Kier alpha value is -2.44. The Labute approximate surface area is 366 Å². The molecule has 60 heavy (non-hydrogen) atoms. The second-order valence-electron chi connectivity index (χ2n) is 21.6. The Kier molecular flexibility index (Phi) is 14.4. The Morgan fingerprint density at radius 1 is 0.900 bits per heavy atom. The lowest BCUT2D eigenvalue weighted by molar-refractivity contribution is -0.145. The summed E-state index contributed by atoms with van der Waals surface area (Å²) < 4.78 is 2.21. The van der Waals surface area contributed by atoms with Gasteiger partial charge in [-0.1, -0.05) is 91.7 Å². The molecule has 4 aliphatic carbocycles. The van der Waals surface area contributed by atoms with Crippen LogP contribution in [0.3, 0.4) is 0 Å². The number of nitrogens with one attached hydrogen (secondary N) is 3. The van der Waals surface area contributed by atoms with E-state index < -0.39 is 29.1 Å². The van der Waals surface area contributed by atoms with Crippen LogP contribution in [-0.2, 0) is 24.0 Å². The summed E-state index contributed by atoms with van der Waals surface area (Å²) >= 11 is 1.74. The van der Waals surface area contributed by atoms with Crippen molar-refractivity contribution >= 4 is 41.4 Å². The molecule has 2 heterocycles. The Morgan fingerprint density at radius 3 is 2.15 bits per heavy atom. The molecule has 2 aliphatic heterocycles. The minimum Gasteiger partial charge on any atom is -0.343 e. The molecule has 0 aromatic rings. The molecule has 4 saturated carbocycles. The normalized spacial score (nSPS) is 30.8. The van der Waals surface area contributed by atoms with E-state index in [0.29, 0.717) is 25.8 Å². The van der Waals surface area contributed by atoms with Gasteiger partial charge >= 0.3 is 0 Å². The Balaban J connectivity index is 1.24. The predicted molar refractivity (Wildman–Crippen MR) is 241 cm³/mol. The summed E-state index contributed by atoms with van der Waals surface area (Å²) in [5.41, 5.74) is -1.88. The molecule has 0 aromatic carbocycles. The largest absolute Gasteiger partial charge is 0.343 e. The van der Waals surface area contributed by atoms with Gasteiger partial charge in [-0.2, -0.15) is 0 Å². The molecular weight excluding hydrogens is 773 g/mol. The SMILES string of the molecule is C=CC1CC1(NC(=O)C1CC2(CN1C(=O)C(NC(=O)C(NC(=O)C1CCCCN1C(C)C)C1CCCCC1)C(C)(C)C)C(C)(C)C21CCC1)C(=O)CCCSN(C)CCC. The number of hydrogen-bond acceptors (Lipinski definition) is 8. The molecule has 11 nitrogen and oxygen atoms in total. The van der Waals surface area contributed by atoms with E-state index in [1.54, 1.807) is 22.9 Å². The maximum atomic E-state index is 15.3. The van der Waals surface area contributed by atoms with Gasteiger partial charge < -0.3 is 20.9 Å². The molecule has 2 spiro atoms. The molecule has 0 bridgehead atoms. The van der Waals surface area contributed by atoms with Crippen molar-refractivity contribution in [2.75, 3.05) is 32.4 Å². The lowest BCUT2D eigenvalue weighted by Crippen LogP contribution is -2.63. The molecule has 6 aliphatic rings. The molecule has 7 atom stereocenters. The van der Waals surface area contributed by atoms with Gasteiger partial charge in [0.05, 0.1) is 6.04 Å². The van der Waals surface area contributed by atoms with Crippen LogP contribution in [0.2, 0.25) is 0 Å². The van der Waals surface area contributed by atoms with Crippen molar-refractivity contribution in [2.24, 2.45) is 33.5 Å². The van der Waals surface area contributed by atoms with Crippen LogP contribution in [0.4, 0.5) is 0 Å². The highest BCUT2D eigenvalue weighted by Crippen LogP contribution is 2.88. The minimum absolute atomic E-state index is 0.0188. The molecule has 7 unspecified atom stereocenters. The van der Waals surface area contributed by atoms with E-state index in [2.05, 4.69) is 73.4 Å². The van der Waals surface area contributed by atoms with Crippen LogP contribution in [0.15, 0.2) is 12.7 Å². The lowest BCUT2D eigenvalue weighted by atomic mass is 9.73. The number of nitrogens with zero attached hydrogens (tertiary/aromatic N) is 3. The van der Waals surface area contributed by atoms with Gasteiger partial charge in [-0.05, 0) is 114 Å². The van der Waals surface area contributed by atoms with Gasteiger partial charge in [0.25, 0.3) is 0 Å². The molecule has 0 aromatic heterocycles. The molecule has 2 saturated heterocycles. The van der Waals surface area contributed by atoms with E-state index in [1.807, 2.05) is 20.8 Å². The number of ketones is 1. The average molecular weight is 853 g/mol. The van der Waals surface area contributed by atoms with Crippen LogP contribution in [-0.4, -0.2) is 112 Å². The molecular formula is C48H80N6O5S. The van der Waals surface area contributed by atoms with Crippen molar-refractivity contribution in [3.63, 3.8) is 0 Å². The molecule has 12 heteroatoms. The monoisotopic (exact) mass is 853 g/mol. The van der Waals surface area contributed by atoms with Crippen LogP contribution in [0, 0.1) is 33.5 Å². The molecule has 6 fully saturated rings. The van der Waals surface area contributed by atoms with Crippen LogP contribution < -0.4 is 16.0 Å². The van der Waals surface area contributed by atoms with Crippen molar-refractivity contribution < 1.29 is 24.0 Å². The first-order valence-corrected chi connectivity index (χ1v) is 24.7. The topological polar surface area (TPSA) is 131 Å². The first-order valence-electron chi connectivity index (χ1n) is 23.8. The van der Waals surface area contributed by atoms with Gasteiger partial charge in [0, 0.05) is 42.6 Å². The average Bonchev–Trinajstić information content (AvgIpc) is 3.92. The van der Waals surface area contributed by atoms with Crippen molar-refractivity contribution in [2.45, 2.75) is 194 Å². The first-order chi connectivity index (χ1) is 28.3. The summed E-state index contributed by atoms with van der Waals surface area (Å²) in [5.74, 6) is -0.254. The highest BCUT2D eigenvalue weighted by Gasteiger charge is 2.85. The second kappa shape index (κ2) is 18.3. The van der Waals surface area contributed by atoms with Crippen molar-refractivity contribution in [3.05, 3.63) is 12.7 Å². The van der Waals surface area contributed by atoms with Crippen LogP contribution in [0.25, 0.3) is 0 Å². The summed E-state index contributed by atoms with van der Waals surface area (Å²) in [5, 5.41) is 9.73. The molecule has 338 valence electrons. The zero-order valence-electron chi connectivity index (χ0n) is 38.8. The first kappa shape index (κ1) is 47.0. The van der Waals surface area contributed by atoms with E-state index in [0.717, 1.165) is 102 Å². The van der Waals surface area contributed by atoms with E-state index >= 15 is 4.79 Å². The van der Waals surface area contributed by atoms with Gasteiger partial charge in [0.2, 0.25) is 23.6 Å². The number of rotatable bonds is 18. The summed E-state index contributed by atoms with van der Waals surface area (Å²) in [6, 6.07) is -2.52. The number of amides is 4. The smallest absolute Gasteiger partial charge is 0.246 e. The number of likely N-dealkylation sites (tertiary alicyclic amines) is 2. The lowest BCUT2D eigenvalue weighted by Gasteiger charge is -2.40. The van der Waals surface area contributed by atoms with Crippen LogP contribution >= 0.6 is 11.9 Å². The second-order valence-corrected chi connectivity index (χ2v) is 22.9. The van der Waals surface area contributed by atoms with Crippen molar-refractivity contribution in [1.29, 1.82) is 0 Å². The fraction of sp³-hybridized carbons (Fsp3) is 0.854. The number of carbonyl (C=O) groups excluding carboxylic acids is 5. The van der Waals surface area contributed by atoms with Crippen molar-refractivity contribution in [3.8, 4) is 0 Å². The fourth-order valence-electron chi connectivity index (χ4n) is 12.5. The third-order valence-corrected chi connectivity index (χ3v) is 17.6. The number of fused-ring (bicyclic) bond motifs is 1. The van der Waals surface area contributed by atoms with Crippen LogP contribution in [0.1, 0.15) is 158 Å². The Morgan fingerprint density at radius 2 is 1.58 bits per heavy atom. The van der Waals surface area contributed by atoms with E-state index in [1.165, 1.54) is 0 Å². The maximum Gasteiger partial charge on any atom is 0.246 e. The maximum absolute atomic E-state index is 15.3. The highest BCUT2D eigenvalue weighted by molar-refractivity contribution is 7.96. The zero-order chi connectivity index (χ0) is 43.8. The number of Topliss-reactive ketones (excluding diaryl/α,β-unsaturated/α-hetero) is 1. The summed E-state index contributed by atoms with van der Waals surface area (Å²) in [4.78, 5) is 77.0. The van der Waals surface area contributed by atoms with E-state index in [4.69, 9.17) is 0 Å². The highest BCUT2D eigenvalue weighted by atomic mass is 32.2. The molecule has 0 radical (unpaired) electrons. The third kappa shape index (κ3) is 8.74. The fourth-order valence-corrected chi connectivity index (χ4v) is 13.4. The van der Waals surface area contributed by atoms with Crippen molar-refractivity contribution in [1.82, 2.24) is 30.1 Å². The number of hydrogen-bond donors (Lipinski definition) is 3. The molecule has 6 rings (SSSR count).